The van der Waals surface area contributed by atoms with Gasteiger partial charge in [0, 0.05) is 23.6 Å². The molecule has 36 heavy (non-hydrogen) atoms. The van der Waals surface area contributed by atoms with Crippen molar-refractivity contribution in [3.05, 3.63) is 112 Å². The van der Waals surface area contributed by atoms with E-state index in [9.17, 15) is 14.9 Å². The standard InChI is InChI=1S/C26H25N5O4S/c1-19(27-24(32)17-35-16-20-8-4-2-5-9-20)25-28-29-26(36-18-21-10-6-3-7-11-21)30(25)22-12-14-23(15-13-22)31(33)34/h2-15,19H,16-18H2,1H3,(H,27,32)/t19-/m0/s1. The number of thioether (sulfide) groups is 1. The van der Waals surface area contributed by atoms with Crippen molar-refractivity contribution >= 4 is 23.4 Å². The first-order chi connectivity index (χ1) is 17.5. The van der Waals surface area contributed by atoms with E-state index in [2.05, 4.69) is 15.5 Å². The Morgan fingerprint density at radius 1 is 1.00 bits per heavy atom. The van der Waals surface area contributed by atoms with Gasteiger partial charge in [0.05, 0.1) is 17.6 Å². The van der Waals surface area contributed by atoms with E-state index in [1.165, 1.54) is 23.9 Å². The molecule has 1 aromatic heterocycles. The number of non-ortho nitro benzene ring substituents is 1. The number of hydrogen-bond donors (Lipinski definition) is 1. The van der Waals surface area contributed by atoms with Crippen LogP contribution in [-0.2, 0) is 21.9 Å². The first-order valence-electron chi connectivity index (χ1n) is 11.3. The van der Waals surface area contributed by atoms with Gasteiger partial charge in [0.25, 0.3) is 5.69 Å². The van der Waals surface area contributed by atoms with Crippen molar-refractivity contribution in [2.24, 2.45) is 0 Å². The number of benzene rings is 3. The Labute approximate surface area is 212 Å². The number of amides is 1. The number of nitro benzene ring substituents is 1. The van der Waals surface area contributed by atoms with Crippen molar-refractivity contribution in [1.82, 2.24) is 20.1 Å². The molecule has 0 aliphatic heterocycles. The molecule has 4 aromatic rings. The van der Waals surface area contributed by atoms with Crippen molar-refractivity contribution in [3.63, 3.8) is 0 Å². The Bertz CT molecular complexity index is 1300. The van der Waals surface area contributed by atoms with Gasteiger partial charge in [-0.15, -0.1) is 10.2 Å². The highest BCUT2D eigenvalue weighted by Gasteiger charge is 2.22. The van der Waals surface area contributed by atoms with Crippen molar-refractivity contribution in [1.29, 1.82) is 0 Å². The lowest BCUT2D eigenvalue weighted by molar-refractivity contribution is -0.384. The van der Waals surface area contributed by atoms with Crippen molar-refractivity contribution in [2.45, 2.75) is 30.5 Å². The molecule has 10 heteroatoms. The fourth-order valence-electron chi connectivity index (χ4n) is 3.53. The molecule has 0 fully saturated rings. The fourth-order valence-corrected chi connectivity index (χ4v) is 4.44. The molecular weight excluding hydrogens is 478 g/mol. The fraction of sp³-hybridized carbons (Fsp3) is 0.192. The van der Waals surface area contributed by atoms with Gasteiger partial charge in [-0.3, -0.25) is 19.5 Å². The second-order valence-corrected chi connectivity index (χ2v) is 8.93. The van der Waals surface area contributed by atoms with Gasteiger partial charge in [-0.2, -0.15) is 0 Å². The van der Waals surface area contributed by atoms with E-state index >= 15 is 0 Å². The Balaban J connectivity index is 1.49. The number of carbonyl (C=O) groups is 1. The van der Waals surface area contributed by atoms with E-state index < -0.39 is 11.0 Å². The average molecular weight is 504 g/mol. The van der Waals surface area contributed by atoms with Crippen LogP contribution >= 0.6 is 11.8 Å². The zero-order valence-corrected chi connectivity index (χ0v) is 20.4. The molecule has 184 valence electrons. The lowest BCUT2D eigenvalue weighted by Gasteiger charge is -2.16. The SMILES string of the molecule is C[C@H](NC(=O)COCc1ccccc1)c1nnc(SCc2ccccc2)n1-c1ccc([N+](=O)[O-])cc1. The minimum Gasteiger partial charge on any atom is -0.367 e. The average Bonchev–Trinajstić information content (AvgIpc) is 3.33. The molecule has 3 aromatic carbocycles. The molecule has 1 amide bonds. The van der Waals surface area contributed by atoms with Gasteiger partial charge < -0.3 is 10.1 Å². The smallest absolute Gasteiger partial charge is 0.269 e. The molecule has 0 aliphatic carbocycles. The number of nitro groups is 1. The summed E-state index contributed by atoms with van der Waals surface area (Å²) >= 11 is 1.49. The van der Waals surface area contributed by atoms with Crippen molar-refractivity contribution in [2.75, 3.05) is 6.61 Å². The van der Waals surface area contributed by atoms with E-state index in [1.807, 2.05) is 72.2 Å². The molecular formula is C26H25N5O4S. The molecule has 1 heterocycles. The van der Waals surface area contributed by atoms with Crippen molar-refractivity contribution < 1.29 is 14.5 Å². The normalized spacial score (nSPS) is 11.7. The largest absolute Gasteiger partial charge is 0.367 e. The van der Waals surface area contributed by atoms with Gasteiger partial charge in [0.1, 0.15) is 6.61 Å². The van der Waals surface area contributed by atoms with Gasteiger partial charge in [-0.1, -0.05) is 72.4 Å². The van der Waals surface area contributed by atoms with Crippen LogP contribution in [0.1, 0.15) is 29.9 Å². The van der Waals surface area contributed by atoms with Crippen LogP contribution < -0.4 is 5.32 Å². The number of hydrogen-bond acceptors (Lipinski definition) is 7. The summed E-state index contributed by atoms with van der Waals surface area (Å²) in [4.78, 5) is 23.2. The van der Waals surface area contributed by atoms with E-state index in [-0.39, 0.29) is 18.2 Å². The maximum Gasteiger partial charge on any atom is 0.269 e. The highest BCUT2D eigenvalue weighted by Crippen LogP contribution is 2.28. The summed E-state index contributed by atoms with van der Waals surface area (Å²) in [5.74, 6) is 0.894. The molecule has 0 aliphatic rings. The predicted molar refractivity (Wildman–Crippen MR) is 137 cm³/mol. The Morgan fingerprint density at radius 3 is 2.28 bits per heavy atom. The summed E-state index contributed by atoms with van der Waals surface area (Å²) in [5, 5.41) is 23.3. The number of ether oxygens (including phenoxy) is 1. The third kappa shape index (κ3) is 6.55. The molecule has 0 spiro atoms. The van der Waals surface area contributed by atoms with Gasteiger partial charge in [-0.05, 0) is 30.2 Å². The topological polar surface area (TPSA) is 112 Å². The third-order valence-electron chi connectivity index (χ3n) is 5.30. The minimum absolute atomic E-state index is 0.0104. The van der Waals surface area contributed by atoms with Crippen LogP contribution in [0.3, 0.4) is 0 Å². The third-order valence-corrected chi connectivity index (χ3v) is 6.30. The van der Waals surface area contributed by atoms with Crippen LogP contribution in [0.25, 0.3) is 5.69 Å². The van der Waals surface area contributed by atoms with E-state index in [4.69, 9.17) is 4.74 Å². The maximum atomic E-state index is 12.5. The zero-order valence-electron chi connectivity index (χ0n) is 19.6. The van der Waals surface area contributed by atoms with Crippen LogP contribution in [0, 0.1) is 10.1 Å². The molecule has 1 N–H and O–H groups in total. The first-order valence-corrected chi connectivity index (χ1v) is 12.3. The summed E-state index contributed by atoms with van der Waals surface area (Å²) in [6.07, 6.45) is 0. The summed E-state index contributed by atoms with van der Waals surface area (Å²) < 4.78 is 7.35. The Kier molecular flexibility index (Phi) is 8.43. The molecule has 1 atom stereocenters. The highest BCUT2D eigenvalue weighted by molar-refractivity contribution is 7.98. The quantitative estimate of drug-likeness (QED) is 0.177. The number of nitrogens with zero attached hydrogens (tertiary/aromatic N) is 4. The lowest BCUT2D eigenvalue weighted by Crippen LogP contribution is -2.31. The van der Waals surface area contributed by atoms with Gasteiger partial charge >= 0.3 is 0 Å². The summed E-state index contributed by atoms with van der Waals surface area (Å²) in [6, 6.07) is 25.3. The zero-order chi connectivity index (χ0) is 25.3. The number of rotatable bonds is 11. The molecule has 0 unspecified atom stereocenters. The molecule has 9 nitrogen and oxygen atoms in total. The number of aromatic nitrogens is 3. The van der Waals surface area contributed by atoms with Crippen LogP contribution in [0.5, 0.6) is 0 Å². The first kappa shape index (κ1) is 25.1. The molecule has 0 bridgehead atoms. The highest BCUT2D eigenvalue weighted by atomic mass is 32.2. The van der Waals surface area contributed by atoms with Crippen LogP contribution in [0.4, 0.5) is 5.69 Å². The van der Waals surface area contributed by atoms with Crippen molar-refractivity contribution in [3.8, 4) is 5.69 Å². The second kappa shape index (κ2) is 12.1. The van der Waals surface area contributed by atoms with Crippen LogP contribution in [0.2, 0.25) is 0 Å². The molecule has 4 rings (SSSR count). The van der Waals surface area contributed by atoms with E-state index in [0.717, 1.165) is 11.1 Å². The van der Waals surface area contributed by atoms with Gasteiger partial charge in [0.15, 0.2) is 11.0 Å². The molecule has 0 radical (unpaired) electrons. The summed E-state index contributed by atoms with van der Waals surface area (Å²) in [6.45, 7) is 2.05. The van der Waals surface area contributed by atoms with Gasteiger partial charge in [-0.25, -0.2) is 0 Å². The van der Waals surface area contributed by atoms with Crippen LogP contribution in [0.15, 0.2) is 90.1 Å². The summed E-state index contributed by atoms with van der Waals surface area (Å²) in [7, 11) is 0. The summed E-state index contributed by atoms with van der Waals surface area (Å²) in [5.41, 5.74) is 2.76. The van der Waals surface area contributed by atoms with E-state index in [1.54, 1.807) is 12.1 Å². The van der Waals surface area contributed by atoms with E-state index in [0.29, 0.717) is 29.0 Å². The maximum absolute atomic E-state index is 12.5. The second-order valence-electron chi connectivity index (χ2n) is 7.99. The molecule has 0 saturated heterocycles. The monoisotopic (exact) mass is 503 g/mol. The Morgan fingerprint density at radius 2 is 1.64 bits per heavy atom. The molecule has 0 saturated carbocycles. The Hall–Kier alpha value is -4.02. The minimum atomic E-state index is -0.480. The number of carbonyl (C=O) groups excluding carboxylic acids is 1. The number of nitrogens with one attached hydrogen (secondary N) is 1. The lowest BCUT2D eigenvalue weighted by atomic mass is 10.2. The van der Waals surface area contributed by atoms with Gasteiger partial charge in [0.2, 0.25) is 5.91 Å². The van der Waals surface area contributed by atoms with Crippen LogP contribution in [-0.4, -0.2) is 32.2 Å². The predicted octanol–water partition coefficient (Wildman–Crippen LogP) is 4.86.